The molecular weight excluding hydrogens is 268 g/mol. The van der Waals surface area contributed by atoms with Crippen molar-refractivity contribution in [3.8, 4) is 0 Å². The third-order valence-electron chi connectivity index (χ3n) is 6.18. The standard InChI is InChI=1S/C17H24O4/c1-11(13(18)19)3-4-16-6-12-5-15(2,8-16)9-17(7-12,10-16)14(20)21/h12H,1,3-10H2,2H3,(H,18,19)(H,20,21). The van der Waals surface area contributed by atoms with Crippen LogP contribution in [0.2, 0.25) is 0 Å². The fourth-order valence-electron chi connectivity index (χ4n) is 6.18. The highest BCUT2D eigenvalue weighted by Crippen LogP contribution is 2.70. The fourth-order valence-corrected chi connectivity index (χ4v) is 6.18. The number of aliphatic carboxylic acids is 2. The molecule has 0 heterocycles. The zero-order valence-electron chi connectivity index (χ0n) is 12.7. The molecule has 0 saturated heterocycles. The van der Waals surface area contributed by atoms with E-state index in [0.717, 1.165) is 44.9 Å². The third-order valence-corrected chi connectivity index (χ3v) is 6.18. The van der Waals surface area contributed by atoms with Gasteiger partial charge in [0.05, 0.1) is 5.41 Å². The molecule has 4 aliphatic rings. The van der Waals surface area contributed by atoms with E-state index in [1.165, 1.54) is 0 Å². The van der Waals surface area contributed by atoms with Crippen molar-refractivity contribution in [2.45, 2.75) is 58.3 Å². The number of rotatable bonds is 5. The summed E-state index contributed by atoms with van der Waals surface area (Å²) in [6.07, 6.45) is 6.88. The molecule has 4 aliphatic carbocycles. The molecule has 116 valence electrons. The molecule has 4 bridgehead atoms. The molecule has 21 heavy (non-hydrogen) atoms. The summed E-state index contributed by atoms with van der Waals surface area (Å²) in [5, 5.41) is 18.8. The SMILES string of the molecule is C=C(CCC12CC3CC(C)(C1)CC(C(=O)O)(C3)C2)C(=O)O. The van der Waals surface area contributed by atoms with Gasteiger partial charge in [0, 0.05) is 5.57 Å². The molecule has 0 aromatic heterocycles. The van der Waals surface area contributed by atoms with Crippen molar-refractivity contribution in [3.05, 3.63) is 12.2 Å². The summed E-state index contributed by atoms with van der Waals surface area (Å²) in [5.41, 5.74) is -0.160. The minimum Gasteiger partial charge on any atom is -0.481 e. The van der Waals surface area contributed by atoms with Crippen molar-refractivity contribution in [3.63, 3.8) is 0 Å². The number of hydrogen-bond donors (Lipinski definition) is 2. The average Bonchev–Trinajstić information content (AvgIpc) is 2.32. The zero-order valence-corrected chi connectivity index (χ0v) is 12.7. The van der Waals surface area contributed by atoms with E-state index in [2.05, 4.69) is 13.5 Å². The first kappa shape index (κ1) is 14.6. The Labute approximate surface area is 125 Å². The lowest BCUT2D eigenvalue weighted by molar-refractivity contribution is -0.189. The van der Waals surface area contributed by atoms with Gasteiger partial charge in [-0.1, -0.05) is 13.5 Å². The molecule has 0 radical (unpaired) electrons. The Bertz CT molecular complexity index is 525. The highest BCUT2D eigenvalue weighted by atomic mass is 16.4. The average molecular weight is 292 g/mol. The monoisotopic (exact) mass is 292 g/mol. The van der Waals surface area contributed by atoms with E-state index in [1.807, 2.05) is 0 Å². The maximum Gasteiger partial charge on any atom is 0.330 e. The molecule has 4 atom stereocenters. The summed E-state index contributed by atoms with van der Waals surface area (Å²) >= 11 is 0. The summed E-state index contributed by atoms with van der Waals surface area (Å²) in [7, 11) is 0. The van der Waals surface area contributed by atoms with Gasteiger partial charge in [-0.25, -0.2) is 4.79 Å². The van der Waals surface area contributed by atoms with Crippen LogP contribution in [0.1, 0.15) is 58.3 Å². The van der Waals surface area contributed by atoms with Crippen molar-refractivity contribution in [1.29, 1.82) is 0 Å². The molecule has 4 fully saturated rings. The van der Waals surface area contributed by atoms with Crippen LogP contribution in [-0.4, -0.2) is 22.2 Å². The van der Waals surface area contributed by atoms with Gasteiger partial charge in [0.1, 0.15) is 0 Å². The molecule has 4 nitrogen and oxygen atoms in total. The van der Waals surface area contributed by atoms with E-state index in [4.69, 9.17) is 5.11 Å². The van der Waals surface area contributed by atoms with E-state index < -0.39 is 17.4 Å². The number of carboxylic acids is 2. The molecule has 4 saturated carbocycles. The zero-order chi connectivity index (χ0) is 15.5. The van der Waals surface area contributed by atoms with Gasteiger partial charge >= 0.3 is 11.9 Å². The Morgan fingerprint density at radius 1 is 1.14 bits per heavy atom. The molecule has 2 N–H and O–H groups in total. The summed E-state index contributed by atoms with van der Waals surface area (Å²) in [6, 6.07) is 0. The summed E-state index contributed by atoms with van der Waals surface area (Å²) in [5.74, 6) is -1.07. The lowest BCUT2D eigenvalue weighted by atomic mass is 9.39. The lowest BCUT2D eigenvalue weighted by Crippen LogP contribution is -2.58. The van der Waals surface area contributed by atoms with Gasteiger partial charge in [-0.05, 0) is 68.1 Å². The molecule has 4 unspecified atom stereocenters. The van der Waals surface area contributed by atoms with E-state index in [-0.39, 0.29) is 16.4 Å². The first-order valence-corrected chi connectivity index (χ1v) is 7.82. The largest absolute Gasteiger partial charge is 0.481 e. The molecule has 0 amide bonds. The highest BCUT2D eigenvalue weighted by Gasteiger charge is 2.64. The molecule has 0 aliphatic heterocycles. The number of carboxylic acid groups (broad SMARTS) is 2. The van der Waals surface area contributed by atoms with Crippen LogP contribution in [0.25, 0.3) is 0 Å². The van der Waals surface area contributed by atoms with E-state index >= 15 is 0 Å². The van der Waals surface area contributed by atoms with Crippen LogP contribution in [0.3, 0.4) is 0 Å². The summed E-state index contributed by atoms with van der Waals surface area (Å²) < 4.78 is 0. The smallest absolute Gasteiger partial charge is 0.330 e. The van der Waals surface area contributed by atoms with E-state index in [9.17, 15) is 14.7 Å². The molecule has 0 aromatic rings. The topological polar surface area (TPSA) is 74.6 Å². The summed E-state index contributed by atoms with van der Waals surface area (Å²) in [4.78, 5) is 22.8. The quantitative estimate of drug-likeness (QED) is 0.761. The van der Waals surface area contributed by atoms with Crippen LogP contribution < -0.4 is 0 Å². The van der Waals surface area contributed by atoms with Crippen LogP contribution in [0.5, 0.6) is 0 Å². The number of hydrogen-bond acceptors (Lipinski definition) is 2. The van der Waals surface area contributed by atoms with Gasteiger partial charge in [-0.3, -0.25) is 4.79 Å². The van der Waals surface area contributed by atoms with Gasteiger partial charge in [-0.15, -0.1) is 0 Å². The minimum atomic E-state index is -0.932. The maximum absolute atomic E-state index is 11.9. The van der Waals surface area contributed by atoms with Gasteiger partial charge in [0.2, 0.25) is 0 Å². The van der Waals surface area contributed by atoms with Crippen molar-refractivity contribution >= 4 is 11.9 Å². The molecule has 4 heteroatoms. The Balaban J connectivity index is 1.84. The third kappa shape index (κ3) is 2.29. The Hall–Kier alpha value is -1.32. The number of carbonyl (C=O) groups is 2. The molecule has 0 aromatic carbocycles. The van der Waals surface area contributed by atoms with Gasteiger partial charge in [0.15, 0.2) is 0 Å². The second-order valence-electron chi connectivity index (χ2n) is 8.31. The molecular formula is C17H24O4. The minimum absolute atomic E-state index is 0.0188. The van der Waals surface area contributed by atoms with E-state index in [0.29, 0.717) is 12.3 Å². The van der Waals surface area contributed by atoms with E-state index in [1.54, 1.807) is 0 Å². The van der Waals surface area contributed by atoms with Gasteiger partial charge in [0.25, 0.3) is 0 Å². The Kier molecular flexibility index (Phi) is 3.02. The normalized spacial score (nSPS) is 43.8. The van der Waals surface area contributed by atoms with Crippen LogP contribution in [0.15, 0.2) is 12.2 Å². The van der Waals surface area contributed by atoms with Crippen LogP contribution in [0.4, 0.5) is 0 Å². The van der Waals surface area contributed by atoms with Gasteiger partial charge < -0.3 is 10.2 Å². The first-order valence-electron chi connectivity index (χ1n) is 7.82. The second-order valence-corrected chi connectivity index (χ2v) is 8.31. The van der Waals surface area contributed by atoms with Gasteiger partial charge in [-0.2, -0.15) is 0 Å². The second kappa shape index (κ2) is 4.34. The van der Waals surface area contributed by atoms with Crippen molar-refractivity contribution < 1.29 is 19.8 Å². The first-order chi connectivity index (χ1) is 9.68. The van der Waals surface area contributed by atoms with Crippen molar-refractivity contribution in [1.82, 2.24) is 0 Å². The van der Waals surface area contributed by atoms with Crippen molar-refractivity contribution in [2.75, 3.05) is 0 Å². The maximum atomic E-state index is 11.9. The molecule has 4 rings (SSSR count). The van der Waals surface area contributed by atoms with Crippen LogP contribution >= 0.6 is 0 Å². The lowest BCUT2D eigenvalue weighted by Gasteiger charge is -2.65. The highest BCUT2D eigenvalue weighted by molar-refractivity contribution is 5.85. The predicted molar refractivity (Wildman–Crippen MR) is 77.8 cm³/mol. The fraction of sp³-hybridized carbons (Fsp3) is 0.765. The summed E-state index contributed by atoms with van der Waals surface area (Å²) in [6.45, 7) is 5.86. The molecule has 0 spiro atoms. The van der Waals surface area contributed by atoms with Crippen LogP contribution in [-0.2, 0) is 9.59 Å². The van der Waals surface area contributed by atoms with Crippen LogP contribution in [0, 0.1) is 22.2 Å². The Morgan fingerprint density at radius 2 is 1.86 bits per heavy atom. The predicted octanol–water partition coefficient (Wildman–Crippen LogP) is 3.47. The van der Waals surface area contributed by atoms with Crippen molar-refractivity contribution in [2.24, 2.45) is 22.2 Å². The Morgan fingerprint density at radius 3 is 2.43 bits per heavy atom.